The standard InChI is InChI=1S/C17H13N3/c18-11-14-16(10-12-6-2-1-3-7-12)20-15-9-5-4-8-13(15)17(14)19/h1-9H,10H2,(H2,19,20). The van der Waals surface area contributed by atoms with Gasteiger partial charge in [0.15, 0.2) is 0 Å². The van der Waals surface area contributed by atoms with Crippen LogP contribution in [0.3, 0.4) is 0 Å². The van der Waals surface area contributed by atoms with Crippen LogP contribution in [0.25, 0.3) is 10.9 Å². The van der Waals surface area contributed by atoms with Gasteiger partial charge >= 0.3 is 0 Å². The second kappa shape index (κ2) is 5.02. The molecule has 0 aliphatic carbocycles. The summed E-state index contributed by atoms with van der Waals surface area (Å²) in [5, 5.41) is 10.2. The van der Waals surface area contributed by atoms with Gasteiger partial charge in [-0.3, -0.25) is 4.98 Å². The van der Waals surface area contributed by atoms with Crippen LogP contribution in [-0.2, 0) is 6.42 Å². The highest BCUT2D eigenvalue weighted by atomic mass is 14.7. The summed E-state index contributed by atoms with van der Waals surface area (Å²) in [7, 11) is 0. The van der Waals surface area contributed by atoms with E-state index in [1.54, 1.807) is 0 Å². The lowest BCUT2D eigenvalue weighted by molar-refractivity contribution is 1.09. The van der Waals surface area contributed by atoms with Gasteiger partial charge in [0.2, 0.25) is 0 Å². The maximum atomic E-state index is 9.37. The van der Waals surface area contributed by atoms with Crippen molar-refractivity contribution in [2.24, 2.45) is 0 Å². The lowest BCUT2D eigenvalue weighted by atomic mass is 10.0. The SMILES string of the molecule is N#Cc1c(Cc2ccccc2)nc2ccccc2c1N. The third kappa shape index (κ3) is 2.08. The van der Waals surface area contributed by atoms with Gasteiger partial charge in [-0.2, -0.15) is 5.26 Å². The fraction of sp³-hybridized carbons (Fsp3) is 0.0588. The van der Waals surface area contributed by atoms with Crippen LogP contribution in [0.1, 0.15) is 16.8 Å². The van der Waals surface area contributed by atoms with Crippen molar-refractivity contribution >= 4 is 16.6 Å². The molecule has 20 heavy (non-hydrogen) atoms. The first kappa shape index (κ1) is 12.2. The second-order valence-electron chi connectivity index (χ2n) is 4.64. The van der Waals surface area contributed by atoms with Crippen molar-refractivity contribution in [2.45, 2.75) is 6.42 Å². The van der Waals surface area contributed by atoms with Crippen molar-refractivity contribution in [3.8, 4) is 6.07 Å². The van der Waals surface area contributed by atoms with E-state index in [1.807, 2.05) is 54.6 Å². The second-order valence-corrected chi connectivity index (χ2v) is 4.64. The van der Waals surface area contributed by atoms with Gasteiger partial charge in [0.25, 0.3) is 0 Å². The fourth-order valence-electron chi connectivity index (χ4n) is 2.33. The van der Waals surface area contributed by atoms with Crippen LogP contribution >= 0.6 is 0 Å². The minimum atomic E-state index is 0.479. The molecule has 96 valence electrons. The quantitative estimate of drug-likeness (QED) is 0.768. The molecule has 0 aliphatic rings. The molecule has 0 amide bonds. The van der Waals surface area contributed by atoms with Crippen molar-refractivity contribution in [2.75, 3.05) is 5.73 Å². The van der Waals surface area contributed by atoms with Crippen molar-refractivity contribution in [3.05, 3.63) is 71.4 Å². The Morgan fingerprint density at radius 1 is 1.00 bits per heavy atom. The van der Waals surface area contributed by atoms with Gasteiger partial charge in [0.05, 0.1) is 22.5 Å². The molecule has 2 aromatic carbocycles. The van der Waals surface area contributed by atoms with Crippen LogP contribution in [0.2, 0.25) is 0 Å². The lowest BCUT2D eigenvalue weighted by Crippen LogP contribution is -2.02. The van der Waals surface area contributed by atoms with Gasteiger partial charge in [-0.15, -0.1) is 0 Å². The normalized spacial score (nSPS) is 10.3. The molecule has 0 atom stereocenters. The van der Waals surface area contributed by atoms with Crippen LogP contribution < -0.4 is 5.73 Å². The van der Waals surface area contributed by atoms with E-state index in [2.05, 4.69) is 11.1 Å². The van der Waals surface area contributed by atoms with Crippen LogP contribution in [0.5, 0.6) is 0 Å². The lowest BCUT2D eigenvalue weighted by Gasteiger charge is -2.09. The molecule has 0 saturated heterocycles. The van der Waals surface area contributed by atoms with Gasteiger partial charge in [0, 0.05) is 11.8 Å². The predicted octanol–water partition coefficient (Wildman–Crippen LogP) is 3.28. The van der Waals surface area contributed by atoms with Crippen molar-refractivity contribution in [3.63, 3.8) is 0 Å². The summed E-state index contributed by atoms with van der Waals surface area (Å²) in [4.78, 5) is 4.60. The number of hydrogen-bond acceptors (Lipinski definition) is 3. The first-order valence-electron chi connectivity index (χ1n) is 6.40. The molecule has 0 unspecified atom stereocenters. The van der Waals surface area contributed by atoms with E-state index in [4.69, 9.17) is 5.73 Å². The highest BCUT2D eigenvalue weighted by Gasteiger charge is 2.12. The number of hydrogen-bond donors (Lipinski definition) is 1. The van der Waals surface area contributed by atoms with Crippen LogP contribution in [0.4, 0.5) is 5.69 Å². The Morgan fingerprint density at radius 3 is 2.45 bits per heavy atom. The highest BCUT2D eigenvalue weighted by molar-refractivity contribution is 5.93. The van der Waals surface area contributed by atoms with Gasteiger partial charge < -0.3 is 5.73 Å². The molecule has 1 heterocycles. The Hall–Kier alpha value is -2.86. The van der Waals surface area contributed by atoms with E-state index < -0.39 is 0 Å². The largest absolute Gasteiger partial charge is 0.397 e. The van der Waals surface area contributed by atoms with Crippen LogP contribution in [0, 0.1) is 11.3 Å². The Balaban J connectivity index is 2.18. The molecule has 3 nitrogen and oxygen atoms in total. The van der Waals surface area contributed by atoms with Crippen molar-refractivity contribution in [1.29, 1.82) is 5.26 Å². The first-order chi connectivity index (χ1) is 9.79. The van der Waals surface area contributed by atoms with E-state index in [0.29, 0.717) is 17.7 Å². The maximum Gasteiger partial charge on any atom is 0.103 e. The average molecular weight is 259 g/mol. The Morgan fingerprint density at radius 2 is 1.70 bits per heavy atom. The number of para-hydroxylation sites is 1. The van der Waals surface area contributed by atoms with E-state index in [9.17, 15) is 5.26 Å². The summed E-state index contributed by atoms with van der Waals surface area (Å²) < 4.78 is 0. The van der Waals surface area contributed by atoms with E-state index >= 15 is 0 Å². The number of benzene rings is 2. The summed E-state index contributed by atoms with van der Waals surface area (Å²) in [6, 6.07) is 19.8. The van der Waals surface area contributed by atoms with Gasteiger partial charge in [0.1, 0.15) is 6.07 Å². The third-order valence-corrected chi connectivity index (χ3v) is 3.33. The minimum Gasteiger partial charge on any atom is -0.397 e. The summed E-state index contributed by atoms with van der Waals surface area (Å²) >= 11 is 0. The first-order valence-corrected chi connectivity index (χ1v) is 6.40. The number of nitriles is 1. The molecule has 0 fully saturated rings. The van der Waals surface area contributed by atoms with Gasteiger partial charge in [-0.05, 0) is 11.6 Å². The van der Waals surface area contributed by atoms with Gasteiger partial charge in [-0.1, -0.05) is 48.5 Å². The number of nitrogen functional groups attached to an aromatic ring is 1. The smallest absolute Gasteiger partial charge is 0.103 e. The highest BCUT2D eigenvalue weighted by Crippen LogP contribution is 2.26. The van der Waals surface area contributed by atoms with Crippen molar-refractivity contribution < 1.29 is 0 Å². The van der Waals surface area contributed by atoms with E-state index in [0.717, 1.165) is 22.2 Å². The molecule has 0 radical (unpaired) electrons. The number of aromatic nitrogens is 1. The molecule has 2 N–H and O–H groups in total. The molecular formula is C17H13N3. The molecule has 3 heteroatoms. The Kier molecular flexibility index (Phi) is 3.06. The fourth-order valence-corrected chi connectivity index (χ4v) is 2.33. The minimum absolute atomic E-state index is 0.479. The molecular weight excluding hydrogens is 246 g/mol. The topological polar surface area (TPSA) is 62.7 Å². The molecule has 3 rings (SSSR count). The number of fused-ring (bicyclic) bond motifs is 1. The predicted molar refractivity (Wildman–Crippen MR) is 80.1 cm³/mol. The summed E-state index contributed by atoms with van der Waals surface area (Å²) in [6.07, 6.45) is 0.610. The number of nitrogens with two attached hydrogens (primary N) is 1. The summed E-state index contributed by atoms with van der Waals surface area (Å²) in [5.74, 6) is 0. The molecule has 3 aromatic rings. The number of pyridine rings is 1. The van der Waals surface area contributed by atoms with Gasteiger partial charge in [-0.25, -0.2) is 0 Å². The van der Waals surface area contributed by atoms with Crippen molar-refractivity contribution in [1.82, 2.24) is 4.98 Å². The molecule has 0 aliphatic heterocycles. The summed E-state index contributed by atoms with van der Waals surface area (Å²) in [5.41, 5.74) is 9.80. The molecule has 0 bridgehead atoms. The average Bonchev–Trinajstić information content (AvgIpc) is 2.49. The Labute approximate surface area is 117 Å². The molecule has 0 saturated carbocycles. The van der Waals surface area contributed by atoms with Crippen LogP contribution in [-0.4, -0.2) is 4.98 Å². The molecule has 1 aromatic heterocycles. The summed E-state index contributed by atoms with van der Waals surface area (Å²) in [6.45, 7) is 0. The number of rotatable bonds is 2. The monoisotopic (exact) mass is 259 g/mol. The zero-order chi connectivity index (χ0) is 13.9. The van der Waals surface area contributed by atoms with Crippen LogP contribution in [0.15, 0.2) is 54.6 Å². The third-order valence-electron chi connectivity index (χ3n) is 3.33. The zero-order valence-corrected chi connectivity index (χ0v) is 10.9. The van der Waals surface area contributed by atoms with E-state index in [1.165, 1.54) is 0 Å². The zero-order valence-electron chi connectivity index (χ0n) is 10.9. The number of anilines is 1. The molecule has 0 spiro atoms. The maximum absolute atomic E-state index is 9.37. The number of nitrogens with zero attached hydrogens (tertiary/aromatic N) is 2. The van der Waals surface area contributed by atoms with E-state index in [-0.39, 0.29) is 0 Å². The Bertz CT molecular complexity index is 802.